The van der Waals surface area contributed by atoms with Crippen LogP contribution >= 0.6 is 0 Å². The van der Waals surface area contributed by atoms with Crippen LogP contribution in [0.4, 0.5) is 5.69 Å². The van der Waals surface area contributed by atoms with Crippen LogP contribution in [-0.2, 0) is 19.9 Å². The van der Waals surface area contributed by atoms with Crippen LogP contribution in [0.1, 0.15) is 55.5 Å². The van der Waals surface area contributed by atoms with E-state index in [1.54, 1.807) is 24.8 Å². The van der Waals surface area contributed by atoms with Crippen molar-refractivity contribution in [3.8, 4) is 0 Å². The fourth-order valence-electron chi connectivity index (χ4n) is 4.25. The molecular weight excluding hydrogens is 282 g/mol. The van der Waals surface area contributed by atoms with Gasteiger partial charge >= 0.3 is 5.97 Å². The first-order valence-electron chi connectivity index (χ1n) is 7.88. The summed E-state index contributed by atoms with van der Waals surface area (Å²) < 4.78 is 11.2. The summed E-state index contributed by atoms with van der Waals surface area (Å²) in [6.45, 7) is 3.71. The zero-order chi connectivity index (χ0) is 15.5. The fraction of sp³-hybridized carbons (Fsp3) is 0.529. The molecule has 1 saturated carbocycles. The molecule has 1 saturated heterocycles. The number of benzene rings is 1. The van der Waals surface area contributed by atoms with Crippen molar-refractivity contribution in [2.45, 2.75) is 50.9 Å². The average molecular weight is 301 g/mol. The summed E-state index contributed by atoms with van der Waals surface area (Å²) in [5, 5.41) is 0. The van der Waals surface area contributed by atoms with E-state index in [0.717, 1.165) is 36.9 Å². The van der Waals surface area contributed by atoms with Gasteiger partial charge in [0, 0.05) is 12.5 Å². The van der Waals surface area contributed by atoms with Gasteiger partial charge in [-0.3, -0.25) is 9.69 Å². The molecule has 5 nitrogen and oxygen atoms in total. The van der Waals surface area contributed by atoms with E-state index in [0.29, 0.717) is 12.2 Å². The number of fused-ring (bicyclic) bond motifs is 1. The molecule has 1 amide bonds. The number of epoxide rings is 1. The number of ether oxygens (including phenoxy) is 2. The lowest BCUT2D eigenvalue weighted by atomic mass is 9.82. The van der Waals surface area contributed by atoms with Crippen LogP contribution in [0.3, 0.4) is 0 Å². The number of hydrogen-bond donors (Lipinski definition) is 0. The summed E-state index contributed by atoms with van der Waals surface area (Å²) >= 11 is 0. The molecule has 0 N–H and O–H groups in total. The lowest BCUT2D eigenvalue weighted by Gasteiger charge is -2.27. The largest absolute Gasteiger partial charge is 0.462 e. The quantitative estimate of drug-likeness (QED) is 0.622. The van der Waals surface area contributed by atoms with Crippen molar-refractivity contribution in [2.24, 2.45) is 0 Å². The van der Waals surface area contributed by atoms with E-state index in [-0.39, 0.29) is 11.9 Å². The van der Waals surface area contributed by atoms with E-state index in [4.69, 9.17) is 9.47 Å². The molecule has 0 bridgehead atoms. The van der Waals surface area contributed by atoms with E-state index >= 15 is 0 Å². The molecule has 22 heavy (non-hydrogen) atoms. The van der Waals surface area contributed by atoms with E-state index in [2.05, 4.69) is 0 Å². The summed E-state index contributed by atoms with van der Waals surface area (Å²) in [5.74, 6) is -0.337. The lowest BCUT2D eigenvalue weighted by molar-refractivity contribution is -0.117. The maximum Gasteiger partial charge on any atom is 0.338 e. The highest BCUT2D eigenvalue weighted by Crippen LogP contribution is 2.71. The number of rotatable bonds is 2. The molecule has 2 aliphatic heterocycles. The first kappa shape index (κ1) is 13.8. The van der Waals surface area contributed by atoms with Gasteiger partial charge in [-0.1, -0.05) is 0 Å². The Morgan fingerprint density at radius 2 is 2.09 bits per heavy atom. The van der Waals surface area contributed by atoms with Crippen molar-refractivity contribution in [3.05, 3.63) is 29.3 Å². The van der Waals surface area contributed by atoms with Gasteiger partial charge in [0.05, 0.1) is 17.9 Å². The molecule has 2 unspecified atom stereocenters. The monoisotopic (exact) mass is 301 g/mol. The van der Waals surface area contributed by atoms with Gasteiger partial charge in [-0.05, 0) is 50.8 Å². The Kier molecular flexibility index (Phi) is 2.70. The normalized spacial score (nSPS) is 31.1. The van der Waals surface area contributed by atoms with Crippen molar-refractivity contribution in [1.29, 1.82) is 0 Å². The smallest absolute Gasteiger partial charge is 0.338 e. The molecule has 2 heterocycles. The maximum atomic E-state index is 12.2. The average Bonchev–Trinajstić information content (AvgIpc) is 3.11. The molecule has 116 valence electrons. The number of anilines is 1. The SMILES string of the molecule is CCOC(=O)c1ccc2c(c1)C13CCCCC1(O3)N2C(C)=O. The maximum absolute atomic E-state index is 12.2. The third-order valence-corrected chi connectivity index (χ3v) is 5.09. The molecule has 2 atom stereocenters. The topological polar surface area (TPSA) is 59.1 Å². The van der Waals surface area contributed by atoms with Crippen LogP contribution in [0.5, 0.6) is 0 Å². The molecule has 1 aromatic rings. The van der Waals surface area contributed by atoms with Crippen LogP contribution in [-0.4, -0.2) is 24.2 Å². The van der Waals surface area contributed by atoms with Gasteiger partial charge in [0.25, 0.3) is 0 Å². The van der Waals surface area contributed by atoms with Gasteiger partial charge in [-0.15, -0.1) is 0 Å². The highest BCUT2D eigenvalue weighted by molar-refractivity contribution is 5.99. The van der Waals surface area contributed by atoms with Gasteiger partial charge < -0.3 is 9.47 Å². The van der Waals surface area contributed by atoms with Crippen molar-refractivity contribution < 1.29 is 19.1 Å². The molecular formula is C17H19NO4. The predicted octanol–water partition coefficient (Wildman–Crippen LogP) is 2.73. The van der Waals surface area contributed by atoms with Crippen LogP contribution in [0, 0.1) is 0 Å². The zero-order valence-electron chi connectivity index (χ0n) is 12.8. The Labute approximate surface area is 129 Å². The highest BCUT2D eigenvalue weighted by Gasteiger charge is 2.79. The Morgan fingerprint density at radius 1 is 1.32 bits per heavy atom. The van der Waals surface area contributed by atoms with E-state index in [1.807, 2.05) is 12.1 Å². The minimum atomic E-state index is -0.507. The lowest BCUT2D eigenvalue weighted by Crippen LogP contribution is -2.43. The Hall–Kier alpha value is -1.88. The van der Waals surface area contributed by atoms with Crippen LogP contribution in [0.25, 0.3) is 0 Å². The van der Waals surface area contributed by atoms with E-state index in [1.165, 1.54) is 0 Å². The third-order valence-electron chi connectivity index (χ3n) is 5.09. The second-order valence-corrected chi connectivity index (χ2v) is 6.23. The molecule has 0 radical (unpaired) electrons. The Bertz CT molecular complexity index is 685. The van der Waals surface area contributed by atoms with Gasteiger partial charge in [0.1, 0.15) is 5.60 Å². The van der Waals surface area contributed by atoms with Gasteiger partial charge in [-0.2, -0.15) is 0 Å². The van der Waals surface area contributed by atoms with Crippen LogP contribution < -0.4 is 4.90 Å². The molecule has 2 fully saturated rings. The second-order valence-electron chi connectivity index (χ2n) is 6.23. The van der Waals surface area contributed by atoms with Crippen molar-refractivity contribution >= 4 is 17.6 Å². The molecule has 1 aliphatic carbocycles. The van der Waals surface area contributed by atoms with Crippen LogP contribution in [0.15, 0.2) is 18.2 Å². The number of hydrogen-bond acceptors (Lipinski definition) is 4. The summed E-state index contributed by atoms with van der Waals surface area (Å²) in [6, 6.07) is 5.44. The first-order valence-corrected chi connectivity index (χ1v) is 7.88. The Morgan fingerprint density at radius 3 is 2.82 bits per heavy atom. The van der Waals surface area contributed by atoms with Crippen LogP contribution in [0.2, 0.25) is 0 Å². The third kappa shape index (κ3) is 1.47. The number of carbonyl (C=O) groups excluding carboxylic acids is 2. The van der Waals surface area contributed by atoms with Gasteiger partial charge in [0.15, 0.2) is 5.72 Å². The van der Waals surface area contributed by atoms with Crippen molar-refractivity contribution in [2.75, 3.05) is 11.5 Å². The van der Waals surface area contributed by atoms with Crippen molar-refractivity contribution in [3.63, 3.8) is 0 Å². The highest BCUT2D eigenvalue weighted by atomic mass is 16.7. The molecule has 0 aromatic heterocycles. The predicted molar refractivity (Wildman–Crippen MR) is 79.5 cm³/mol. The van der Waals surface area contributed by atoms with E-state index in [9.17, 15) is 9.59 Å². The molecule has 5 heteroatoms. The summed E-state index contributed by atoms with van der Waals surface area (Å²) in [5.41, 5.74) is 1.46. The summed E-state index contributed by atoms with van der Waals surface area (Å²) in [7, 11) is 0. The van der Waals surface area contributed by atoms with Crippen molar-refractivity contribution in [1.82, 2.24) is 0 Å². The second kappa shape index (κ2) is 4.32. The molecule has 3 aliphatic rings. The number of carbonyl (C=O) groups is 2. The number of nitrogens with zero attached hydrogens (tertiary/aromatic N) is 1. The number of amides is 1. The minimum absolute atomic E-state index is 0.00795. The van der Waals surface area contributed by atoms with E-state index < -0.39 is 11.3 Å². The molecule has 1 aromatic carbocycles. The zero-order valence-corrected chi connectivity index (χ0v) is 12.8. The molecule has 4 rings (SSSR count). The minimum Gasteiger partial charge on any atom is -0.462 e. The fourth-order valence-corrected chi connectivity index (χ4v) is 4.25. The molecule has 0 spiro atoms. The first-order chi connectivity index (χ1) is 10.6. The summed E-state index contributed by atoms with van der Waals surface area (Å²) in [6.07, 6.45) is 3.90. The van der Waals surface area contributed by atoms with Gasteiger partial charge in [0.2, 0.25) is 5.91 Å². The standard InChI is InChI=1S/C17H19NO4/c1-3-21-15(20)12-6-7-14-13(10-12)16-8-4-5-9-17(16,22-16)18(14)11(2)19/h6-7,10H,3-5,8-9H2,1-2H3. The summed E-state index contributed by atoms with van der Waals surface area (Å²) in [4.78, 5) is 25.9. The number of esters is 1. The Balaban J connectivity index is 1.83. The van der Waals surface area contributed by atoms with Gasteiger partial charge in [-0.25, -0.2) is 4.79 Å².